The van der Waals surface area contributed by atoms with Crippen LogP contribution in [0.1, 0.15) is 22.3 Å². The SMILES string of the molecule is Cc1ccc(-c2cc(C)c(-c3ccccc3C)[n+](C)c2)cc1C. The average molecular weight is 302 g/mol. The lowest BCUT2D eigenvalue weighted by atomic mass is 9.97. The maximum absolute atomic E-state index is 2.30. The number of nitrogens with zero attached hydrogens (tertiary/aromatic N) is 1. The summed E-state index contributed by atoms with van der Waals surface area (Å²) in [5.74, 6) is 0. The van der Waals surface area contributed by atoms with Gasteiger partial charge in [-0.3, -0.25) is 0 Å². The van der Waals surface area contributed by atoms with Crippen molar-refractivity contribution in [3.63, 3.8) is 0 Å². The highest BCUT2D eigenvalue weighted by molar-refractivity contribution is 5.69. The van der Waals surface area contributed by atoms with Gasteiger partial charge in [0.25, 0.3) is 0 Å². The van der Waals surface area contributed by atoms with Crippen molar-refractivity contribution < 1.29 is 4.57 Å². The molecule has 1 nitrogen and oxygen atoms in total. The summed E-state index contributed by atoms with van der Waals surface area (Å²) in [5.41, 5.74) is 10.4. The fourth-order valence-electron chi connectivity index (χ4n) is 3.21. The fraction of sp³-hybridized carbons (Fsp3) is 0.227. The number of benzene rings is 2. The van der Waals surface area contributed by atoms with Crippen molar-refractivity contribution in [3.05, 3.63) is 77.0 Å². The Bertz CT molecular complexity index is 852. The minimum absolute atomic E-state index is 1.27. The quantitative estimate of drug-likeness (QED) is 0.581. The fourth-order valence-corrected chi connectivity index (χ4v) is 3.21. The van der Waals surface area contributed by atoms with Gasteiger partial charge in [0.15, 0.2) is 6.20 Å². The largest absolute Gasteiger partial charge is 0.215 e. The zero-order valence-corrected chi connectivity index (χ0v) is 14.6. The summed E-state index contributed by atoms with van der Waals surface area (Å²) < 4.78 is 2.25. The van der Waals surface area contributed by atoms with Gasteiger partial charge in [-0.2, -0.15) is 0 Å². The Morgan fingerprint density at radius 2 is 1.35 bits per heavy atom. The van der Waals surface area contributed by atoms with Crippen LogP contribution in [0.2, 0.25) is 0 Å². The van der Waals surface area contributed by atoms with E-state index in [4.69, 9.17) is 0 Å². The van der Waals surface area contributed by atoms with Crippen molar-refractivity contribution in [2.45, 2.75) is 27.7 Å². The molecule has 0 aliphatic heterocycles. The van der Waals surface area contributed by atoms with Crippen molar-refractivity contribution in [2.75, 3.05) is 0 Å². The van der Waals surface area contributed by atoms with Crippen LogP contribution in [0.25, 0.3) is 22.4 Å². The molecule has 1 heteroatoms. The minimum Gasteiger partial charge on any atom is -0.200 e. The molecule has 0 saturated heterocycles. The summed E-state index contributed by atoms with van der Waals surface area (Å²) in [6, 6.07) is 17.6. The van der Waals surface area contributed by atoms with E-state index in [0.717, 1.165) is 0 Å². The first-order chi connectivity index (χ1) is 11.0. The van der Waals surface area contributed by atoms with E-state index in [1.165, 1.54) is 44.6 Å². The zero-order chi connectivity index (χ0) is 16.6. The van der Waals surface area contributed by atoms with Crippen LogP contribution in [-0.4, -0.2) is 0 Å². The third-order valence-corrected chi connectivity index (χ3v) is 4.67. The molecule has 0 aliphatic carbocycles. The van der Waals surface area contributed by atoms with Gasteiger partial charge >= 0.3 is 0 Å². The molecule has 3 rings (SSSR count). The molecule has 0 unspecified atom stereocenters. The van der Waals surface area contributed by atoms with Crippen LogP contribution < -0.4 is 4.57 Å². The number of aryl methyl sites for hydroxylation is 5. The van der Waals surface area contributed by atoms with Gasteiger partial charge in [-0.1, -0.05) is 36.4 Å². The molecule has 0 saturated carbocycles. The Balaban J connectivity index is 2.14. The van der Waals surface area contributed by atoms with E-state index in [9.17, 15) is 0 Å². The summed E-state index contributed by atoms with van der Waals surface area (Å²) in [6.45, 7) is 8.71. The highest BCUT2D eigenvalue weighted by atomic mass is 14.9. The predicted molar refractivity (Wildman–Crippen MR) is 97.4 cm³/mol. The van der Waals surface area contributed by atoms with E-state index >= 15 is 0 Å². The van der Waals surface area contributed by atoms with E-state index in [1.807, 2.05) is 0 Å². The van der Waals surface area contributed by atoms with Gasteiger partial charge in [0.1, 0.15) is 7.05 Å². The molecule has 0 aliphatic rings. The highest BCUT2D eigenvalue weighted by Crippen LogP contribution is 2.27. The van der Waals surface area contributed by atoms with Crippen molar-refractivity contribution in [1.29, 1.82) is 0 Å². The molecule has 2 aromatic carbocycles. The molecule has 1 heterocycles. The lowest BCUT2D eigenvalue weighted by Gasteiger charge is -2.10. The molecule has 0 fully saturated rings. The van der Waals surface area contributed by atoms with Crippen LogP contribution in [0.3, 0.4) is 0 Å². The van der Waals surface area contributed by atoms with E-state index in [-0.39, 0.29) is 0 Å². The van der Waals surface area contributed by atoms with Crippen molar-refractivity contribution >= 4 is 0 Å². The topological polar surface area (TPSA) is 3.88 Å². The maximum atomic E-state index is 2.30. The van der Waals surface area contributed by atoms with Gasteiger partial charge in [-0.25, -0.2) is 4.57 Å². The molecule has 23 heavy (non-hydrogen) atoms. The molecular weight excluding hydrogens is 278 g/mol. The molecule has 0 atom stereocenters. The number of aromatic nitrogens is 1. The normalized spacial score (nSPS) is 10.8. The van der Waals surface area contributed by atoms with Crippen LogP contribution in [0.4, 0.5) is 0 Å². The molecule has 116 valence electrons. The summed E-state index contributed by atoms with van der Waals surface area (Å²) in [4.78, 5) is 0. The first kappa shape index (κ1) is 15.5. The first-order valence-electron chi connectivity index (χ1n) is 8.11. The third-order valence-electron chi connectivity index (χ3n) is 4.67. The van der Waals surface area contributed by atoms with Crippen LogP contribution in [0.5, 0.6) is 0 Å². The van der Waals surface area contributed by atoms with Crippen molar-refractivity contribution in [1.82, 2.24) is 0 Å². The molecule has 0 amide bonds. The Kier molecular flexibility index (Phi) is 4.04. The predicted octanol–water partition coefficient (Wildman–Crippen LogP) is 5.08. The standard InChI is InChI=1S/C22H24N/c1-15-10-11-19(12-17(15)3)20-13-18(4)22(23(5)14-20)21-9-7-6-8-16(21)2/h6-14H,1-5H3/q+1. The molecule has 0 radical (unpaired) electrons. The van der Waals surface area contributed by atoms with Crippen LogP contribution >= 0.6 is 0 Å². The highest BCUT2D eigenvalue weighted by Gasteiger charge is 2.17. The van der Waals surface area contributed by atoms with Gasteiger partial charge in [0.2, 0.25) is 5.69 Å². The van der Waals surface area contributed by atoms with E-state index in [0.29, 0.717) is 0 Å². The first-order valence-corrected chi connectivity index (χ1v) is 8.11. The monoisotopic (exact) mass is 302 g/mol. The van der Waals surface area contributed by atoms with Gasteiger partial charge in [-0.15, -0.1) is 0 Å². The number of rotatable bonds is 2. The Morgan fingerprint density at radius 3 is 2.00 bits per heavy atom. The summed E-state index contributed by atoms with van der Waals surface area (Å²) in [6.07, 6.45) is 2.24. The second-order valence-electron chi connectivity index (χ2n) is 6.49. The van der Waals surface area contributed by atoms with Gasteiger partial charge in [-0.05, 0) is 62.1 Å². The smallest absolute Gasteiger partial charge is 0.200 e. The second kappa shape index (κ2) is 6.00. The average Bonchev–Trinajstić information content (AvgIpc) is 2.51. The number of pyridine rings is 1. The molecule has 3 aromatic rings. The maximum Gasteiger partial charge on any atom is 0.215 e. The summed E-state index contributed by atoms with van der Waals surface area (Å²) >= 11 is 0. The molecule has 0 N–H and O–H groups in total. The lowest BCUT2D eigenvalue weighted by molar-refractivity contribution is -0.660. The molecule has 0 bridgehead atoms. The van der Waals surface area contributed by atoms with Crippen LogP contribution in [-0.2, 0) is 7.05 Å². The molecule has 0 spiro atoms. The zero-order valence-electron chi connectivity index (χ0n) is 14.6. The van der Waals surface area contributed by atoms with E-state index < -0.39 is 0 Å². The van der Waals surface area contributed by atoms with Gasteiger partial charge in [0.05, 0.1) is 0 Å². The van der Waals surface area contributed by atoms with Crippen LogP contribution in [0, 0.1) is 27.7 Å². The van der Waals surface area contributed by atoms with E-state index in [2.05, 4.69) is 94.0 Å². The van der Waals surface area contributed by atoms with Gasteiger partial charge in [0, 0.05) is 16.7 Å². The number of hydrogen-bond acceptors (Lipinski definition) is 0. The Labute approximate surface area is 139 Å². The van der Waals surface area contributed by atoms with Gasteiger partial charge < -0.3 is 0 Å². The van der Waals surface area contributed by atoms with Crippen molar-refractivity contribution in [3.8, 4) is 22.4 Å². The third kappa shape index (κ3) is 2.92. The lowest BCUT2D eigenvalue weighted by Crippen LogP contribution is -2.32. The second-order valence-corrected chi connectivity index (χ2v) is 6.49. The summed E-state index contributed by atoms with van der Waals surface area (Å²) in [5, 5.41) is 0. The Hall–Kier alpha value is -2.41. The molecular formula is C22H24N+. The molecule has 1 aromatic heterocycles. The van der Waals surface area contributed by atoms with Crippen molar-refractivity contribution in [2.24, 2.45) is 7.05 Å². The Morgan fingerprint density at radius 1 is 0.652 bits per heavy atom. The van der Waals surface area contributed by atoms with E-state index in [1.54, 1.807) is 0 Å². The van der Waals surface area contributed by atoms with Crippen LogP contribution in [0.15, 0.2) is 54.7 Å². The minimum atomic E-state index is 1.27. The summed E-state index contributed by atoms with van der Waals surface area (Å²) in [7, 11) is 2.14. The number of hydrogen-bond donors (Lipinski definition) is 0.